The summed E-state index contributed by atoms with van der Waals surface area (Å²) in [5, 5.41) is 6.96. The third kappa shape index (κ3) is 3.78. The number of benzene rings is 1. The molecule has 0 radical (unpaired) electrons. The molecule has 1 heterocycles. The highest BCUT2D eigenvalue weighted by Crippen LogP contribution is 2.26. The summed E-state index contributed by atoms with van der Waals surface area (Å²) in [5.74, 6) is 1.32. The van der Waals surface area contributed by atoms with Gasteiger partial charge in [0.25, 0.3) is 0 Å². The van der Waals surface area contributed by atoms with Gasteiger partial charge >= 0.3 is 0 Å². The Kier molecular flexibility index (Phi) is 4.90. The van der Waals surface area contributed by atoms with Crippen molar-refractivity contribution in [3.63, 3.8) is 0 Å². The third-order valence-electron chi connectivity index (χ3n) is 3.21. The summed E-state index contributed by atoms with van der Waals surface area (Å²) in [6, 6.07) is 4.55. The molecule has 1 N–H and O–H groups in total. The highest BCUT2D eigenvalue weighted by molar-refractivity contribution is 5.36. The molecular formula is C15H20FN3O2. The van der Waals surface area contributed by atoms with E-state index in [1.807, 2.05) is 27.8 Å². The molecule has 21 heavy (non-hydrogen) atoms. The lowest BCUT2D eigenvalue weighted by Gasteiger charge is -2.15. The Balaban J connectivity index is 2.13. The van der Waals surface area contributed by atoms with Crippen molar-refractivity contribution in [2.75, 3.05) is 7.05 Å². The minimum Gasteiger partial charge on any atom is -0.485 e. The molecule has 1 aromatic heterocycles. The smallest absolute Gasteiger partial charge is 0.229 e. The van der Waals surface area contributed by atoms with Crippen LogP contribution >= 0.6 is 0 Å². The summed E-state index contributed by atoms with van der Waals surface area (Å²) in [4.78, 5) is 4.23. The zero-order chi connectivity index (χ0) is 15.4. The molecule has 1 unspecified atom stereocenters. The minimum atomic E-state index is -0.340. The maximum atomic E-state index is 13.4. The van der Waals surface area contributed by atoms with Gasteiger partial charge in [-0.1, -0.05) is 25.1 Å². The molecule has 2 rings (SSSR count). The van der Waals surface area contributed by atoms with Crippen LogP contribution in [-0.4, -0.2) is 17.2 Å². The highest BCUT2D eigenvalue weighted by atomic mass is 19.1. The number of hydrogen-bond donors (Lipinski definition) is 1. The lowest BCUT2D eigenvalue weighted by molar-refractivity contribution is 0.278. The first-order valence-electron chi connectivity index (χ1n) is 6.93. The van der Waals surface area contributed by atoms with Crippen LogP contribution in [-0.2, 0) is 6.61 Å². The second-order valence-electron chi connectivity index (χ2n) is 5.18. The predicted molar refractivity (Wildman–Crippen MR) is 76.6 cm³/mol. The molecule has 0 spiro atoms. The quantitative estimate of drug-likeness (QED) is 0.886. The molecule has 0 amide bonds. The zero-order valence-electron chi connectivity index (χ0n) is 12.7. The molecule has 6 heteroatoms. The summed E-state index contributed by atoms with van der Waals surface area (Å²) < 4.78 is 24.2. The molecule has 2 aromatic rings. The Morgan fingerprint density at radius 2 is 2.10 bits per heavy atom. The van der Waals surface area contributed by atoms with Gasteiger partial charge in [-0.05, 0) is 20.0 Å². The second kappa shape index (κ2) is 6.67. The van der Waals surface area contributed by atoms with Crippen LogP contribution in [0.2, 0.25) is 0 Å². The molecule has 5 nitrogen and oxygen atoms in total. The Morgan fingerprint density at radius 3 is 2.71 bits per heavy atom. The normalized spacial score (nSPS) is 12.7. The molecule has 0 saturated carbocycles. The van der Waals surface area contributed by atoms with E-state index in [2.05, 4.69) is 15.5 Å². The van der Waals surface area contributed by atoms with Gasteiger partial charge in [0.15, 0.2) is 6.61 Å². The monoisotopic (exact) mass is 293 g/mol. The fraction of sp³-hybridized carbons (Fsp3) is 0.467. The van der Waals surface area contributed by atoms with E-state index in [0.29, 0.717) is 17.5 Å². The molecule has 0 aliphatic carbocycles. The third-order valence-corrected chi connectivity index (χ3v) is 3.21. The zero-order valence-corrected chi connectivity index (χ0v) is 12.7. The summed E-state index contributed by atoms with van der Waals surface area (Å²) >= 11 is 0. The summed E-state index contributed by atoms with van der Waals surface area (Å²) in [6.07, 6.45) is 0. The van der Waals surface area contributed by atoms with Crippen molar-refractivity contribution in [3.05, 3.63) is 41.3 Å². The SMILES string of the molecule is CNC(C)c1ccc(F)cc1OCc1noc(C(C)C)n1. The Hall–Kier alpha value is -1.95. The molecule has 0 saturated heterocycles. The largest absolute Gasteiger partial charge is 0.485 e. The van der Waals surface area contributed by atoms with Crippen molar-refractivity contribution in [1.29, 1.82) is 0 Å². The number of aromatic nitrogens is 2. The number of rotatable bonds is 6. The average Bonchev–Trinajstić information content (AvgIpc) is 2.93. The van der Waals surface area contributed by atoms with Crippen LogP contribution in [0.5, 0.6) is 5.75 Å². The number of hydrogen-bond acceptors (Lipinski definition) is 5. The van der Waals surface area contributed by atoms with Crippen molar-refractivity contribution in [1.82, 2.24) is 15.5 Å². The van der Waals surface area contributed by atoms with Crippen LogP contribution in [0, 0.1) is 5.82 Å². The van der Waals surface area contributed by atoms with Gasteiger partial charge in [-0.25, -0.2) is 4.39 Å². The van der Waals surface area contributed by atoms with Gasteiger partial charge in [0, 0.05) is 23.6 Å². The topological polar surface area (TPSA) is 60.2 Å². The van der Waals surface area contributed by atoms with E-state index in [0.717, 1.165) is 5.56 Å². The van der Waals surface area contributed by atoms with Crippen LogP contribution in [0.1, 0.15) is 50.0 Å². The van der Waals surface area contributed by atoms with E-state index in [-0.39, 0.29) is 24.4 Å². The minimum absolute atomic E-state index is 0.0529. The fourth-order valence-corrected chi connectivity index (χ4v) is 1.85. The maximum absolute atomic E-state index is 13.4. The molecule has 0 fully saturated rings. The van der Waals surface area contributed by atoms with Crippen molar-refractivity contribution in [2.45, 2.75) is 39.3 Å². The van der Waals surface area contributed by atoms with Gasteiger partial charge in [-0.2, -0.15) is 4.98 Å². The van der Waals surface area contributed by atoms with E-state index in [4.69, 9.17) is 9.26 Å². The molecule has 0 aliphatic heterocycles. The van der Waals surface area contributed by atoms with Gasteiger partial charge in [0.2, 0.25) is 11.7 Å². The van der Waals surface area contributed by atoms with Crippen LogP contribution in [0.4, 0.5) is 4.39 Å². The Morgan fingerprint density at radius 1 is 1.33 bits per heavy atom. The van der Waals surface area contributed by atoms with Crippen LogP contribution < -0.4 is 10.1 Å². The van der Waals surface area contributed by atoms with Crippen LogP contribution in [0.3, 0.4) is 0 Å². The summed E-state index contributed by atoms with van der Waals surface area (Å²) in [5.41, 5.74) is 0.881. The maximum Gasteiger partial charge on any atom is 0.229 e. The first-order chi connectivity index (χ1) is 10.0. The lowest BCUT2D eigenvalue weighted by Crippen LogP contribution is -2.14. The Labute approximate surface area is 123 Å². The van der Waals surface area contributed by atoms with Crippen molar-refractivity contribution >= 4 is 0 Å². The number of ether oxygens (including phenoxy) is 1. The fourth-order valence-electron chi connectivity index (χ4n) is 1.85. The number of nitrogens with one attached hydrogen (secondary N) is 1. The van der Waals surface area contributed by atoms with E-state index in [9.17, 15) is 4.39 Å². The Bertz CT molecular complexity index is 598. The van der Waals surface area contributed by atoms with Crippen molar-refractivity contribution in [2.24, 2.45) is 0 Å². The molecular weight excluding hydrogens is 273 g/mol. The summed E-state index contributed by atoms with van der Waals surface area (Å²) in [7, 11) is 1.84. The average molecular weight is 293 g/mol. The first-order valence-corrected chi connectivity index (χ1v) is 6.93. The van der Waals surface area contributed by atoms with E-state index in [1.54, 1.807) is 6.07 Å². The van der Waals surface area contributed by atoms with E-state index in [1.165, 1.54) is 12.1 Å². The van der Waals surface area contributed by atoms with Gasteiger partial charge in [0.05, 0.1) is 0 Å². The van der Waals surface area contributed by atoms with Gasteiger partial charge in [0.1, 0.15) is 11.6 Å². The van der Waals surface area contributed by atoms with Gasteiger partial charge < -0.3 is 14.6 Å². The van der Waals surface area contributed by atoms with Crippen molar-refractivity contribution in [3.8, 4) is 5.75 Å². The van der Waals surface area contributed by atoms with E-state index >= 15 is 0 Å². The molecule has 0 bridgehead atoms. The lowest BCUT2D eigenvalue weighted by atomic mass is 10.1. The second-order valence-corrected chi connectivity index (χ2v) is 5.18. The molecule has 1 aromatic carbocycles. The van der Waals surface area contributed by atoms with Crippen molar-refractivity contribution < 1.29 is 13.7 Å². The molecule has 0 aliphatic rings. The standard InChI is InChI=1S/C15H20FN3O2/c1-9(2)15-18-14(19-21-15)8-20-13-7-11(16)5-6-12(13)10(3)17-4/h5-7,9-10,17H,8H2,1-4H3. The van der Waals surface area contributed by atoms with Gasteiger partial charge in [-0.15, -0.1) is 0 Å². The molecule has 114 valence electrons. The predicted octanol–water partition coefficient (Wildman–Crippen LogP) is 3.19. The highest BCUT2D eigenvalue weighted by Gasteiger charge is 2.14. The van der Waals surface area contributed by atoms with Crippen LogP contribution in [0.15, 0.2) is 22.7 Å². The summed E-state index contributed by atoms with van der Waals surface area (Å²) in [6.45, 7) is 6.06. The number of nitrogens with zero attached hydrogens (tertiary/aromatic N) is 2. The van der Waals surface area contributed by atoms with Crippen LogP contribution in [0.25, 0.3) is 0 Å². The molecule has 1 atom stereocenters. The van der Waals surface area contributed by atoms with E-state index < -0.39 is 0 Å². The van der Waals surface area contributed by atoms with Gasteiger partial charge in [-0.3, -0.25) is 0 Å². The first kappa shape index (κ1) is 15.4. The number of halogens is 1.